The first-order valence-electron chi connectivity index (χ1n) is 11.6. The molecule has 0 bridgehead atoms. The van der Waals surface area contributed by atoms with E-state index in [9.17, 15) is 9.59 Å². The van der Waals surface area contributed by atoms with Crippen molar-refractivity contribution in [2.75, 3.05) is 27.3 Å². The van der Waals surface area contributed by atoms with Gasteiger partial charge in [-0.1, -0.05) is 25.8 Å². The zero-order valence-electron chi connectivity index (χ0n) is 19.3. The second-order valence-corrected chi connectivity index (χ2v) is 8.99. The number of methoxy groups -OCH3 is 2. The molecule has 2 N–H and O–H groups in total. The number of amides is 2. The summed E-state index contributed by atoms with van der Waals surface area (Å²) in [6.07, 6.45) is 5.96. The minimum atomic E-state index is -0.101. The normalized spacial score (nSPS) is 22.7. The highest BCUT2D eigenvalue weighted by Crippen LogP contribution is 2.33. The maximum Gasteiger partial charge on any atom is 0.233 e. The van der Waals surface area contributed by atoms with Crippen molar-refractivity contribution in [1.82, 2.24) is 15.5 Å². The average molecular weight is 462 g/mol. The van der Waals surface area contributed by atoms with Crippen molar-refractivity contribution >= 4 is 29.1 Å². The maximum absolute atomic E-state index is 12.9. The summed E-state index contributed by atoms with van der Waals surface area (Å²) in [5.74, 6) is 1.36. The van der Waals surface area contributed by atoms with E-state index in [0.29, 0.717) is 42.5 Å². The number of benzene rings is 1. The van der Waals surface area contributed by atoms with Gasteiger partial charge >= 0.3 is 0 Å². The second-order valence-electron chi connectivity index (χ2n) is 8.60. The summed E-state index contributed by atoms with van der Waals surface area (Å²) in [4.78, 5) is 27.5. The number of hydrogen-bond acceptors (Lipinski definition) is 5. The first kappa shape index (κ1) is 24.3. The van der Waals surface area contributed by atoms with Crippen molar-refractivity contribution in [3.8, 4) is 11.5 Å². The highest BCUT2D eigenvalue weighted by Gasteiger charge is 2.43. The van der Waals surface area contributed by atoms with E-state index in [-0.39, 0.29) is 29.7 Å². The molecule has 1 aromatic rings. The standard InChI is InChI=1S/C24H35N3O4S/c1-4-5-6-13-27-23(29)18-9-8-17(15-19(18)26-24(27)32)22(28)25-12-11-16-7-10-20(30-2)21(14-16)31-3/h7,10,14,17-19H,4-6,8-9,11-13,15H2,1-3H3,(H,25,28)(H,26,32). The van der Waals surface area contributed by atoms with E-state index in [1.165, 1.54) is 0 Å². The number of fused-ring (bicyclic) bond motifs is 1. The number of nitrogens with one attached hydrogen (secondary N) is 2. The summed E-state index contributed by atoms with van der Waals surface area (Å²) in [7, 11) is 3.22. The van der Waals surface area contributed by atoms with Crippen LogP contribution in [0.5, 0.6) is 11.5 Å². The summed E-state index contributed by atoms with van der Waals surface area (Å²) in [5, 5.41) is 6.92. The molecule has 7 nitrogen and oxygen atoms in total. The highest BCUT2D eigenvalue weighted by molar-refractivity contribution is 7.80. The van der Waals surface area contributed by atoms with Gasteiger partial charge in [0, 0.05) is 25.0 Å². The molecule has 1 heterocycles. The number of unbranched alkanes of at least 4 members (excludes halogenated alkanes) is 2. The molecule has 3 unspecified atom stereocenters. The Morgan fingerprint density at radius 2 is 2.00 bits per heavy atom. The van der Waals surface area contributed by atoms with Gasteiger partial charge in [0.2, 0.25) is 11.8 Å². The SMILES string of the molecule is CCCCCN1C(=O)C2CCC(C(=O)NCCc3ccc(OC)c(OC)c3)CC2NC1=S. The minimum Gasteiger partial charge on any atom is -0.493 e. The molecule has 32 heavy (non-hydrogen) atoms. The molecule has 2 fully saturated rings. The van der Waals surface area contributed by atoms with E-state index in [0.717, 1.165) is 37.7 Å². The van der Waals surface area contributed by atoms with Crippen LogP contribution in [0.4, 0.5) is 0 Å². The van der Waals surface area contributed by atoms with Gasteiger partial charge < -0.3 is 20.1 Å². The quantitative estimate of drug-likeness (QED) is 0.412. The van der Waals surface area contributed by atoms with Gasteiger partial charge in [0.15, 0.2) is 16.6 Å². The van der Waals surface area contributed by atoms with Crippen LogP contribution in [0, 0.1) is 11.8 Å². The fourth-order valence-electron chi connectivity index (χ4n) is 4.64. The molecule has 1 aromatic carbocycles. The van der Waals surface area contributed by atoms with Gasteiger partial charge in [0.1, 0.15) is 0 Å². The fraction of sp³-hybridized carbons (Fsp3) is 0.625. The number of thiocarbonyl (C=S) groups is 1. The predicted molar refractivity (Wildman–Crippen MR) is 128 cm³/mol. The summed E-state index contributed by atoms with van der Waals surface area (Å²) in [5.41, 5.74) is 1.07. The van der Waals surface area contributed by atoms with Gasteiger partial charge in [-0.05, 0) is 62.0 Å². The van der Waals surface area contributed by atoms with Crippen LogP contribution in [0.15, 0.2) is 18.2 Å². The molecule has 3 rings (SSSR count). The van der Waals surface area contributed by atoms with Crippen LogP contribution < -0.4 is 20.1 Å². The molecular weight excluding hydrogens is 426 g/mol. The predicted octanol–water partition coefficient (Wildman–Crippen LogP) is 3.05. The molecule has 1 saturated carbocycles. The van der Waals surface area contributed by atoms with Crippen LogP contribution in [0.3, 0.4) is 0 Å². The van der Waals surface area contributed by atoms with E-state index in [2.05, 4.69) is 17.6 Å². The summed E-state index contributed by atoms with van der Waals surface area (Å²) in [6.45, 7) is 3.38. The Morgan fingerprint density at radius 1 is 1.22 bits per heavy atom. The number of nitrogens with zero attached hydrogens (tertiary/aromatic N) is 1. The summed E-state index contributed by atoms with van der Waals surface area (Å²) >= 11 is 5.46. The molecule has 0 aromatic heterocycles. The minimum absolute atomic E-state index is 0.0484. The van der Waals surface area contributed by atoms with Crippen LogP contribution in [0.25, 0.3) is 0 Å². The Labute approximate surface area is 196 Å². The molecule has 1 aliphatic heterocycles. The Kier molecular flexibility index (Phi) is 8.73. The van der Waals surface area contributed by atoms with Crippen molar-refractivity contribution in [2.24, 2.45) is 11.8 Å². The lowest BCUT2D eigenvalue weighted by Crippen LogP contribution is -2.62. The number of rotatable bonds is 10. The summed E-state index contributed by atoms with van der Waals surface area (Å²) < 4.78 is 10.6. The van der Waals surface area contributed by atoms with Crippen LogP contribution in [-0.2, 0) is 16.0 Å². The van der Waals surface area contributed by atoms with Crippen LogP contribution in [0.1, 0.15) is 51.0 Å². The lowest BCUT2D eigenvalue weighted by Gasteiger charge is -2.43. The maximum atomic E-state index is 12.9. The smallest absolute Gasteiger partial charge is 0.233 e. The lowest BCUT2D eigenvalue weighted by atomic mass is 9.76. The molecule has 2 aliphatic rings. The lowest BCUT2D eigenvalue weighted by molar-refractivity contribution is -0.137. The third-order valence-corrected chi connectivity index (χ3v) is 6.84. The third kappa shape index (κ3) is 5.71. The number of hydrogen-bond donors (Lipinski definition) is 2. The largest absolute Gasteiger partial charge is 0.493 e. The van der Waals surface area contributed by atoms with Gasteiger partial charge in [-0.15, -0.1) is 0 Å². The van der Waals surface area contributed by atoms with Crippen molar-refractivity contribution < 1.29 is 19.1 Å². The highest BCUT2D eigenvalue weighted by atomic mass is 32.1. The van der Waals surface area contributed by atoms with E-state index < -0.39 is 0 Å². The molecule has 0 radical (unpaired) electrons. The topological polar surface area (TPSA) is 79.9 Å². The van der Waals surface area contributed by atoms with Crippen LogP contribution in [0.2, 0.25) is 0 Å². The van der Waals surface area contributed by atoms with Crippen molar-refractivity contribution in [3.63, 3.8) is 0 Å². The molecule has 176 valence electrons. The number of carbonyl (C=O) groups excluding carboxylic acids is 2. The van der Waals surface area contributed by atoms with Gasteiger partial charge in [-0.3, -0.25) is 14.5 Å². The van der Waals surface area contributed by atoms with Gasteiger partial charge in [0.25, 0.3) is 0 Å². The molecular formula is C24H35N3O4S. The van der Waals surface area contributed by atoms with Gasteiger partial charge in [0.05, 0.1) is 20.1 Å². The zero-order chi connectivity index (χ0) is 23.1. The van der Waals surface area contributed by atoms with Crippen molar-refractivity contribution in [1.29, 1.82) is 0 Å². The fourth-order valence-corrected chi connectivity index (χ4v) is 4.98. The molecule has 1 saturated heterocycles. The van der Waals surface area contributed by atoms with Crippen LogP contribution >= 0.6 is 12.2 Å². The summed E-state index contributed by atoms with van der Waals surface area (Å²) in [6, 6.07) is 5.73. The van der Waals surface area contributed by atoms with E-state index in [1.54, 1.807) is 19.1 Å². The molecule has 1 aliphatic carbocycles. The monoisotopic (exact) mass is 461 g/mol. The van der Waals surface area contributed by atoms with E-state index >= 15 is 0 Å². The van der Waals surface area contributed by atoms with Gasteiger partial charge in [-0.2, -0.15) is 0 Å². The molecule has 2 amide bonds. The van der Waals surface area contributed by atoms with Crippen molar-refractivity contribution in [3.05, 3.63) is 23.8 Å². The van der Waals surface area contributed by atoms with E-state index in [4.69, 9.17) is 21.7 Å². The first-order valence-corrected chi connectivity index (χ1v) is 12.0. The van der Waals surface area contributed by atoms with Crippen LogP contribution in [-0.4, -0.2) is 55.2 Å². The number of carbonyl (C=O) groups is 2. The third-order valence-electron chi connectivity index (χ3n) is 6.50. The Bertz CT molecular complexity index is 831. The molecule has 3 atom stereocenters. The van der Waals surface area contributed by atoms with E-state index in [1.807, 2.05) is 18.2 Å². The average Bonchev–Trinajstić information content (AvgIpc) is 2.80. The van der Waals surface area contributed by atoms with Crippen molar-refractivity contribution in [2.45, 2.75) is 57.9 Å². The Hall–Kier alpha value is -2.35. The Balaban J connectivity index is 1.48. The first-order chi connectivity index (χ1) is 15.5. The molecule has 8 heteroatoms. The number of ether oxygens (including phenoxy) is 2. The zero-order valence-corrected chi connectivity index (χ0v) is 20.1. The second kappa shape index (κ2) is 11.5. The van der Waals surface area contributed by atoms with Gasteiger partial charge in [-0.25, -0.2) is 0 Å². The molecule has 0 spiro atoms. The Morgan fingerprint density at radius 3 is 2.72 bits per heavy atom.